The van der Waals surface area contributed by atoms with Crippen molar-refractivity contribution < 1.29 is 4.74 Å². The summed E-state index contributed by atoms with van der Waals surface area (Å²) in [6.07, 6.45) is 1.72. The fraction of sp³-hybridized carbons (Fsp3) is 0.545. The van der Waals surface area contributed by atoms with Gasteiger partial charge in [-0.05, 0) is 13.8 Å². The van der Waals surface area contributed by atoms with Crippen molar-refractivity contribution in [1.82, 2.24) is 20.2 Å². The maximum atomic E-state index is 5.39. The summed E-state index contributed by atoms with van der Waals surface area (Å²) in [7, 11) is 0. The Bertz CT molecular complexity index is 527. The summed E-state index contributed by atoms with van der Waals surface area (Å²) in [5, 5.41) is 7.70. The highest BCUT2D eigenvalue weighted by Crippen LogP contribution is 2.23. The van der Waals surface area contributed by atoms with Crippen LogP contribution in [0.5, 0.6) is 0 Å². The number of nitrogens with two attached hydrogens (primary N) is 1. The Labute approximate surface area is 111 Å². The molecule has 0 saturated heterocycles. The largest absolute Gasteiger partial charge is 0.380 e. The zero-order valence-corrected chi connectivity index (χ0v) is 11.2. The van der Waals surface area contributed by atoms with E-state index in [1.54, 1.807) is 6.20 Å². The molecule has 2 aromatic rings. The smallest absolute Gasteiger partial charge is 0.241 e. The first-order valence-electron chi connectivity index (χ1n) is 6.30. The summed E-state index contributed by atoms with van der Waals surface area (Å²) in [6, 6.07) is 0. The van der Waals surface area contributed by atoms with Crippen molar-refractivity contribution in [1.29, 1.82) is 0 Å². The van der Waals surface area contributed by atoms with Crippen LogP contribution in [0.1, 0.15) is 13.8 Å². The van der Waals surface area contributed by atoms with Gasteiger partial charge in [-0.3, -0.25) is 10.5 Å². The number of nitrogens with zero attached hydrogens (tertiary/aromatic N) is 4. The highest BCUT2D eigenvalue weighted by Gasteiger charge is 2.14. The number of hydrazine groups is 1. The molecule has 104 valence electrons. The maximum Gasteiger partial charge on any atom is 0.241 e. The van der Waals surface area contributed by atoms with Crippen molar-refractivity contribution in [2.45, 2.75) is 13.8 Å². The van der Waals surface area contributed by atoms with Crippen molar-refractivity contribution in [3.8, 4) is 0 Å². The van der Waals surface area contributed by atoms with Crippen molar-refractivity contribution in [3.05, 3.63) is 6.20 Å². The molecule has 0 aliphatic rings. The van der Waals surface area contributed by atoms with Gasteiger partial charge in [0.05, 0.1) is 18.2 Å². The quantitative estimate of drug-likeness (QED) is 0.380. The molecular weight excluding hydrogens is 246 g/mol. The van der Waals surface area contributed by atoms with E-state index in [9.17, 15) is 0 Å². The van der Waals surface area contributed by atoms with Gasteiger partial charge in [-0.2, -0.15) is 15.1 Å². The third-order valence-electron chi connectivity index (χ3n) is 2.81. The lowest BCUT2D eigenvalue weighted by molar-refractivity contribution is 0.154. The van der Waals surface area contributed by atoms with E-state index in [2.05, 4.69) is 37.4 Å². The van der Waals surface area contributed by atoms with E-state index in [0.29, 0.717) is 24.8 Å². The molecule has 0 spiro atoms. The van der Waals surface area contributed by atoms with Gasteiger partial charge in [0.1, 0.15) is 5.82 Å². The van der Waals surface area contributed by atoms with Crippen LogP contribution in [-0.4, -0.2) is 46.5 Å². The fourth-order valence-corrected chi connectivity index (χ4v) is 1.86. The molecule has 0 atom stereocenters. The van der Waals surface area contributed by atoms with Crippen LogP contribution < -0.4 is 16.2 Å². The number of likely N-dealkylation sites (N-methyl/N-ethyl adjacent to an activating group) is 1. The second kappa shape index (κ2) is 6.30. The zero-order valence-electron chi connectivity index (χ0n) is 11.2. The van der Waals surface area contributed by atoms with Crippen LogP contribution in [0.25, 0.3) is 11.0 Å². The summed E-state index contributed by atoms with van der Waals surface area (Å²) < 4.78 is 5.39. The average molecular weight is 265 g/mol. The molecule has 0 aliphatic heterocycles. The standard InChI is InChI=1S/C11H19N7O/c1-3-18(5-6-19-4-2)10-8-7-13-17-9(8)14-11(15-10)16-12/h7H,3-6,12H2,1-2H3,(H2,13,14,15,16,17). The van der Waals surface area contributed by atoms with Crippen molar-refractivity contribution in [3.63, 3.8) is 0 Å². The van der Waals surface area contributed by atoms with E-state index < -0.39 is 0 Å². The van der Waals surface area contributed by atoms with Gasteiger partial charge in [-0.25, -0.2) is 5.84 Å². The van der Waals surface area contributed by atoms with Crippen LogP contribution in [0.15, 0.2) is 6.20 Å². The number of aromatic nitrogens is 4. The summed E-state index contributed by atoms with van der Waals surface area (Å²) in [4.78, 5) is 10.7. The van der Waals surface area contributed by atoms with E-state index >= 15 is 0 Å². The van der Waals surface area contributed by atoms with Crippen LogP contribution in [0, 0.1) is 0 Å². The lowest BCUT2D eigenvalue weighted by Gasteiger charge is -2.22. The van der Waals surface area contributed by atoms with Gasteiger partial charge >= 0.3 is 0 Å². The second-order valence-corrected chi connectivity index (χ2v) is 3.92. The number of nitrogen functional groups attached to an aromatic ring is 1. The number of rotatable bonds is 7. The number of aromatic amines is 1. The molecule has 0 amide bonds. The highest BCUT2D eigenvalue weighted by atomic mass is 16.5. The van der Waals surface area contributed by atoms with Gasteiger partial charge in [0.15, 0.2) is 5.65 Å². The predicted molar refractivity (Wildman–Crippen MR) is 73.9 cm³/mol. The molecule has 0 aliphatic carbocycles. The molecule has 4 N–H and O–H groups in total. The molecule has 19 heavy (non-hydrogen) atoms. The topological polar surface area (TPSA) is 105 Å². The monoisotopic (exact) mass is 265 g/mol. The van der Waals surface area contributed by atoms with Gasteiger partial charge in [0.25, 0.3) is 0 Å². The molecule has 8 nitrogen and oxygen atoms in total. The number of nitrogens with one attached hydrogen (secondary N) is 2. The summed E-state index contributed by atoms with van der Waals surface area (Å²) >= 11 is 0. The van der Waals surface area contributed by atoms with Crippen LogP contribution in [0.3, 0.4) is 0 Å². The van der Waals surface area contributed by atoms with Crippen LogP contribution >= 0.6 is 0 Å². The molecule has 8 heteroatoms. The summed E-state index contributed by atoms with van der Waals surface area (Å²) in [6.45, 7) is 6.97. The SMILES string of the molecule is CCOCCN(CC)c1nc(NN)nc2[nH]ncc12. The maximum absolute atomic E-state index is 5.39. The lowest BCUT2D eigenvalue weighted by Crippen LogP contribution is -2.28. The van der Waals surface area contributed by atoms with E-state index in [4.69, 9.17) is 10.6 Å². The van der Waals surface area contributed by atoms with E-state index in [1.165, 1.54) is 0 Å². The first kappa shape index (κ1) is 13.5. The highest BCUT2D eigenvalue weighted by molar-refractivity contribution is 5.87. The minimum atomic E-state index is 0.363. The predicted octanol–water partition coefficient (Wildman–Crippen LogP) is 0.501. The zero-order chi connectivity index (χ0) is 13.7. The Balaban J connectivity index is 2.31. The summed E-state index contributed by atoms with van der Waals surface area (Å²) in [5.41, 5.74) is 3.13. The molecule has 0 aromatic carbocycles. The Hall–Kier alpha value is -1.93. The Morgan fingerprint density at radius 1 is 1.42 bits per heavy atom. The molecule has 0 fully saturated rings. The van der Waals surface area contributed by atoms with Gasteiger partial charge in [0.2, 0.25) is 5.95 Å². The average Bonchev–Trinajstić information content (AvgIpc) is 2.91. The van der Waals surface area contributed by atoms with E-state index in [0.717, 1.165) is 24.3 Å². The van der Waals surface area contributed by atoms with Crippen LogP contribution in [0.2, 0.25) is 0 Å². The Morgan fingerprint density at radius 2 is 2.26 bits per heavy atom. The van der Waals surface area contributed by atoms with Crippen molar-refractivity contribution in [2.24, 2.45) is 5.84 Å². The van der Waals surface area contributed by atoms with Gasteiger partial charge in [-0.1, -0.05) is 0 Å². The molecule has 2 rings (SSSR count). The van der Waals surface area contributed by atoms with E-state index in [-0.39, 0.29) is 0 Å². The minimum absolute atomic E-state index is 0.363. The third kappa shape index (κ3) is 2.91. The number of anilines is 2. The molecule has 2 heterocycles. The minimum Gasteiger partial charge on any atom is -0.380 e. The summed E-state index contributed by atoms with van der Waals surface area (Å²) in [5.74, 6) is 6.55. The second-order valence-electron chi connectivity index (χ2n) is 3.92. The number of hydrogen-bond donors (Lipinski definition) is 3. The first-order chi connectivity index (χ1) is 9.30. The molecule has 2 aromatic heterocycles. The molecule has 0 radical (unpaired) electrons. The van der Waals surface area contributed by atoms with Gasteiger partial charge in [-0.15, -0.1) is 0 Å². The van der Waals surface area contributed by atoms with Crippen LogP contribution in [-0.2, 0) is 4.74 Å². The number of ether oxygens (including phenoxy) is 1. The normalized spacial score (nSPS) is 10.9. The van der Waals surface area contributed by atoms with Crippen molar-refractivity contribution in [2.75, 3.05) is 36.6 Å². The number of H-pyrrole nitrogens is 1. The molecular formula is C11H19N7O. The molecule has 0 bridgehead atoms. The molecule has 0 unspecified atom stereocenters. The van der Waals surface area contributed by atoms with Gasteiger partial charge < -0.3 is 9.64 Å². The van der Waals surface area contributed by atoms with E-state index in [1.807, 2.05) is 6.92 Å². The Morgan fingerprint density at radius 3 is 2.95 bits per heavy atom. The molecule has 0 saturated carbocycles. The Kier molecular flexibility index (Phi) is 4.48. The lowest BCUT2D eigenvalue weighted by atomic mass is 10.3. The number of fused-ring (bicyclic) bond motifs is 1. The van der Waals surface area contributed by atoms with Crippen molar-refractivity contribution >= 4 is 22.8 Å². The van der Waals surface area contributed by atoms with Gasteiger partial charge in [0, 0.05) is 19.7 Å². The number of hydrogen-bond acceptors (Lipinski definition) is 7. The fourth-order valence-electron chi connectivity index (χ4n) is 1.86. The van der Waals surface area contributed by atoms with Crippen LogP contribution in [0.4, 0.5) is 11.8 Å². The first-order valence-corrected chi connectivity index (χ1v) is 6.30. The third-order valence-corrected chi connectivity index (χ3v) is 2.81.